The van der Waals surface area contributed by atoms with E-state index in [1.165, 1.54) is 14.0 Å². The van der Waals surface area contributed by atoms with Crippen LogP contribution in [0.1, 0.15) is 45.5 Å². The third kappa shape index (κ3) is 3.24. The summed E-state index contributed by atoms with van der Waals surface area (Å²) in [6, 6.07) is 13.0. The maximum atomic E-state index is 11.8. The van der Waals surface area contributed by atoms with Crippen LogP contribution in [0.4, 0.5) is 0 Å². The second-order valence-corrected chi connectivity index (χ2v) is 5.92. The fourth-order valence-corrected chi connectivity index (χ4v) is 3.23. The molecule has 0 aromatic heterocycles. The van der Waals surface area contributed by atoms with Crippen molar-refractivity contribution in [1.82, 2.24) is 0 Å². The van der Waals surface area contributed by atoms with Crippen LogP contribution in [0, 0.1) is 11.3 Å². The molecule has 0 aliphatic heterocycles. The predicted octanol–water partition coefficient (Wildman–Crippen LogP) is 3.15. The van der Waals surface area contributed by atoms with Gasteiger partial charge in [0.2, 0.25) is 0 Å². The molecule has 2 aromatic rings. The molecule has 5 nitrogen and oxygen atoms in total. The molecular formula is C20H17NO4. The van der Waals surface area contributed by atoms with Crippen LogP contribution in [0.3, 0.4) is 0 Å². The second-order valence-electron chi connectivity index (χ2n) is 5.92. The molecule has 0 amide bonds. The molecule has 25 heavy (non-hydrogen) atoms. The van der Waals surface area contributed by atoms with Gasteiger partial charge in [-0.2, -0.15) is 5.26 Å². The summed E-state index contributed by atoms with van der Waals surface area (Å²) in [6.45, 7) is 1.36. The highest BCUT2D eigenvalue weighted by Gasteiger charge is 2.25. The first kappa shape index (κ1) is 16.7. The molecule has 1 atom stereocenters. The Morgan fingerprint density at radius 3 is 2.32 bits per heavy atom. The number of nitriles is 1. The molecule has 0 heterocycles. The number of nitrogens with zero attached hydrogens (tertiary/aromatic N) is 1. The van der Waals surface area contributed by atoms with E-state index in [0.717, 1.165) is 22.3 Å². The molecule has 0 saturated carbocycles. The Morgan fingerprint density at radius 1 is 1.08 bits per heavy atom. The SMILES string of the molecule is COC(=O)c1ccc2c(c1)CCc1cc(OC(C)=O)ccc1C2C#N. The van der Waals surface area contributed by atoms with Gasteiger partial charge in [-0.1, -0.05) is 12.1 Å². The molecule has 0 fully saturated rings. The van der Waals surface area contributed by atoms with Gasteiger partial charge < -0.3 is 9.47 Å². The number of methoxy groups -OCH3 is 1. The van der Waals surface area contributed by atoms with E-state index in [9.17, 15) is 14.9 Å². The lowest BCUT2D eigenvalue weighted by Gasteiger charge is -2.14. The van der Waals surface area contributed by atoms with Crippen LogP contribution in [-0.4, -0.2) is 19.0 Å². The highest BCUT2D eigenvalue weighted by atomic mass is 16.5. The van der Waals surface area contributed by atoms with Gasteiger partial charge in [-0.05, 0) is 59.4 Å². The standard InChI is InChI=1S/C20H17NO4/c1-12(22)25-16-6-8-18-14(10-16)4-3-13-9-15(20(23)24-2)5-7-17(13)19(18)11-21/h5-10,19H,3-4H2,1-2H3. The lowest BCUT2D eigenvalue weighted by Crippen LogP contribution is -2.06. The first-order valence-electron chi connectivity index (χ1n) is 7.95. The number of rotatable bonds is 2. The van der Waals surface area contributed by atoms with E-state index >= 15 is 0 Å². The van der Waals surface area contributed by atoms with Crippen LogP contribution in [0.25, 0.3) is 0 Å². The summed E-state index contributed by atoms with van der Waals surface area (Å²) < 4.78 is 9.92. The number of hydrogen-bond donors (Lipinski definition) is 0. The summed E-state index contributed by atoms with van der Waals surface area (Å²) in [5.41, 5.74) is 4.21. The summed E-state index contributed by atoms with van der Waals surface area (Å²) in [5, 5.41) is 9.72. The van der Waals surface area contributed by atoms with Gasteiger partial charge in [0.15, 0.2) is 0 Å². The molecule has 0 spiro atoms. The zero-order valence-corrected chi connectivity index (χ0v) is 14.0. The minimum atomic E-state index is -0.425. The van der Waals surface area contributed by atoms with E-state index in [2.05, 4.69) is 6.07 Å². The minimum Gasteiger partial charge on any atom is -0.465 e. The quantitative estimate of drug-likeness (QED) is 0.622. The number of benzene rings is 2. The smallest absolute Gasteiger partial charge is 0.337 e. The topological polar surface area (TPSA) is 76.4 Å². The van der Waals surface area contributed by atoms with Crippen LogP contribution >= 0.6 is 0 Å². The molecule has 1 unspecified atom stereocenters. The Labute approximate surface area is 145 Å². The van der Waals surface area contributed by atoms with Crippen LogP contribution < -0.4 is 4.74 Å². The first-order chi connectivity index (χ1) is 12.0. The normalized spacial score (nSPS) is 15.2. The van der Waals surface area contributed by atoms with Crippen LogP contribution in [0.15, 0.2) is 36.4 Å². The van der Waals surface area contributed by atoms with Crippen LogP contribution in [-0.2, 0) is 22.4 Å². The van der Waals surface area contributed by atoms with Gasteiger partial charge in [0, 0.05) is 6.92 Å². The Kier molecular flexibility index (Phi) is 4.53. The van der Waals surface area contributed by atoms with Crippen molar-refractivity contribution in [3.05, 3.63) is 64.2 Å². The Balaban J connectivity index is 2.05. The number of ether oxygens (including phenoxy) is 2. The van der Waals surface area contributed by atoms with E-state index in [1.807, 2.05) is 18.2 Å². The second kappa shape index (κ2) is 6.78. The van der Waals surface area contributed by atoms with E-state index < -0.39 is 11.9 Å². The molecule has 0 saturated heterocycles. The number of carbonyl (C=O) groups excluding carboxylic acids is 2. The molecular weight excluding hydrogens is 318 g/mol. The lowest BCUT2D eigenvalue weighted by atomic mass is 9.88. The van der Waals surface area contributed by atoms with E-state index in [-0.39, 0.29) is 5.97 Å². The lowest BCUT2D eigenvalue weighted by molar-refractivity contribution is -0.131. The van der Waals surface area contributed by atoms with Crippen molar-refractivity contribution < 1.29 is 19.1 Å². The number of esters is 2. The Hall–Kier alpha value is -3.13. The third-order valence-electron chi connectivity index (χ3n) is 4.35. The molecule has 0 radical (unpaired) electrons. The van der Waals surface area contributed by atoms with Crippen molar-refractivity contribution in [3.63, 3.8) is 0 Å². The number of aryl methyl sites for hydroxylation is 2. The number of carbonyl (C=O) groups is 2. The summed E-state index contributed by atoms with van der Waals surface area (Å²) >= 11 is 0. The van der Waals surface area contributed by atoms with Crippen molar-refractivity contribution in [2.75, 3.05) is 7.11 Å². The van der Waals surface area contributed by atoms with Crippen molar-refractivity contribution in [2.45, 2.75) is 25.7 Å². The van der Waals surface area contributed by atoms with E-state index in [0.29, 0.717) is 24.2 Å². The number of fused-ring (bicyclic) bond motifs is 2. The maximum Gasteiger partial charge on any atom is 0.337 e. The van der Waals surface area contributed by atoms with Gasteiger partial charge in [-0.25, -0.2) is 4.79 Å². The van der Waals surface area contributed by atoms with Crippen molar-refractivity contribution in [1.29, 1.82) is 5.26 Å². The van der Waals surface area contributed by atoms with E-state index in [4.69, 9.17) is 9.47 Å². The summed E-state index contributed by atoms with van der Waals surface area (Å²) in [7, 11) is 1.35. The molecule has 0 N–H and O–H groups in total. The zero-order chi connectivity index (χ0) is 18.0. The summed E-state index contributed by atoms with van der Waals surface area (Å²) in [6.07, 6.45) is 1.38. The zero-order valence-electron chi connectivity index (χ0n) is 14.0. The highest BCUT2D eigenvalue weighted by Crippen LogP contribution is 2.36. The molecule has 5 heteroatoms. The molecule has 1 aliphatic carbocycles. The average molecular weight is 335 g/mol. The van der Waals surface area contributed by atoms with Gasteiger partial charge >= 0.3 is 11.9 Å². The van der Waals surface area contributed by atoms with Crippen LogP contribution in [0.2, 0.25) is 0 Å². The summed E-state index contributed by atoms with van der Waals surface area (Å²) in [4.78, 5) is 22.9. The van der Waals surface area contributed by atoms with Crippen molar-refractivity contribution in [2.24, 2.45) is 0 Å². The van der Waals surface area contributed by atoms with Gasteiger partial charge in [0.25, 0.3) is 0 Å². The fraction of sp³-hybridized carbons (Fsp3) is 0.250. The van der Waals surface area contributed by atoms with Crippen molar-refractivity contribution in [3.8, 4) is 11.8 Å². The molecule has 1 aliphatic rings. The fourth-order valence-electron chi connectivity index (χ4n) is 3.23. The average Bonchev–Trinajstić information content (AvgIpc) is 2.76. The first-order valence-corrected chi connectivity index (χ1v) is 7.95. The van der Waals surface area contributed by atoms with Gasteiger partial charge in [-0.3, -0.25) is 4.79 Å². The summed E-state index contributed by atoms with van der Waals surface area (Å²) in [5.74, 6) is -0.721. The molecule has 126 valence electrons. The molecule has 2 aromatic carbocycles. The Morgan fingerprint density at radius 2 is 1.72 bits per heavy atom. The predicted molar refractivity (Wildman–Crippen MR) is 90.4 cm³/mol. The Bertz CT molecular complexity index is 895. The van der Waals surface area contributed by atoms with Gasteiger partial charge in [0.05, 0.1) is 24.7 Å². The number of hydrogen-bond acceptors (Lipinski definition) is 5. The van der Waals surface area contributed by atoms with Gasteiger partial charge in [-0.15, -0.1) is 0 Å². The van der Waals surface area contributed by atoms with E-state index in [1.54, 1.807) is 18.2 Å². The minimum absolute atomic E-state index is 0.378. The van der Waals surface area contributed by atoms with Gasteiger partial charge in [0.1, 0.15) is 5.75 Å². The third-order valence-corrected chi connectivity index (χ3v) is 4.35. The van der Waals surface area contributed by atoms with Crippen molar-refractivity contribution >= 4 is 11.9 Å². The monoisotopic (exact) mass is 335 g/mol. The highest BCUT2D eigenvalue weighted by molar-refractivity contribution is 5.89. The maximum absolute atomic E-state index is 11.8. The van der Waals surface area contributed by atoms with Crippen LogP contribution in [0.5, 0.6) is 5.75 Å². The molecule has 0 bridgehead atoms. The largest absolute Gasteiger partial charge is 0.465 e. The molecule has 3 rings (SSSR count).